The number of carbonyl (C=O) groups is 3. The molecule has 37 heavy (non-hydrogen) atoms. The Hall–Kier alpha value is -3.46. The lowest BCUT2D eigenvalue weighted by Crippen LogP contribution is -2.49. The molecule has 3 atom stereocenters. The number of aliphatic hydroxyl groups excluding tert-OH is 1. The normalized spacial score (nSPS) is 22.4. The molecule has 0 bridgehead atoms. The molecule has 1 saturated heterocycles. The number of fused-ring (bicyclic) bond motifs is 1. The number of likely N-dealkylation sites (tertiary alicyclic amines) is 1. The highest BCUT2D eigenvalue weighted by atomic mass is 35.5. The summed E-state index contributed by atoms with van der Waals surface area (Å²) in [6, 6.07) is 6.38. The first kappa shape index (κ1) is 25.2. The highest BCUT2D eigenvalue weighted by Gasteiger charge is 2.55. The Bertz CT molecular complexity index is 1280. The highest BCUT2D eigenvalue weighted by molar-refractivity contribution is 6.30. The van der Waals surface area contributed by atoms with Crippen LogP contribution in [0.25, 0.3) is 0 Å². The van der Waals surface area contributed by atoms with E-state index in [4.69, 9.17) is 11.6 Å². The highest BCUT2D eigenvalue weighted by Crippen LogP contribution is 2.55. The number of aromatic nitrogens is 1. The van der Waals surface area contributed by atoms with Crippen LogP contribution in [0.3, 0.4) is 0 Å². The third-order valence-electron chi connectivity index (χ3n) is 7.69. The fourth-order valence-electron chi connectivity index (χ4n) is 5.51. The average Bonchev–Trinajstić information content (AvgIpc) is 3.36. The molecular formula is C27H28ClFN4O4. The van der Waals surface area contributed by atoms with Crippen LogP contribution >= 0.6 is 11.6 Å². The van der Waals surface area contributed by atoms with Crippen LogP contribution in [0.2, 0.25) is 5.02 Å². The quantitative estimate of drug-likeness (QED) is 0.534. The number of hydrogen-bond acceptors (Lipinski definition) is 6. The predicted molar refractivity (Wildman–Crippen MR) is 136 cm³/mol. The van der Waals surface area contributed by atoms with Crippen molar-refractivity contribution >= 4 is 35.0 Å². The van der Waals surface area contributed by atoms with Gasteiger partial charge in [0.15, 0.2) is 0 Å². The molecule has 2 aliphatic heterocycles. The largest absolute Gasteiger partial charge is 0.516 e. The summed E-state index contributed by atoms with van der Waals surface area (Å²) in [4.78, 5) is 47.0. The first-order valence-electron chi connectivity index (χ1n) is 12.3. The second-order valence-corrected chi connectivity index (χ2v) is 10.6. The van der Waals surface area contributed by atoms with Gasteiger partial charge in [-0.05, 0) is 49.8 Å². The number of hydrogen-bond donors (Lipinski definition) is 2. The van der Waals surface area contributed by atoms with E-state index in [-0.39, 0.29) is 40.2 Å². The number of benzene rings is 1. The van der Waals surface area contributed by atoms with E-state index in [0.29, 0.717) is 25.3 Å². The number of ketones is 1. The van der Waals surface area contributed by atoms with Gasteiger partial charge in [0.25, 0.3) is 0 Å². The molecule has 3 aliphatic rings. The number of nitrogens with zero attached hydrogens (tertiary/aromatic N) is 3. The van der Waals surface area contributed by atoms with Gasteiger partial charge in [-0.1, -0.05) is 29.8 Å². The molecule has 194 valence electrons. The third-order valence-corrected chi connectivity index (χ3v) is 7.98. The van der Waals surface area contributed by atoms with E-state index < -0.39 is 23.8 Å². The van der Waals surface area contributed by atoms with Crippen LogP contribution in [-0.4, -0.2) is 58.3 Å². The second-order valence-electron chi connectivity index (χ2n) is 10.2. The van der Waals surface area contributed by atoms with Gasteiger partial charge in [-0.25, -0.2) is 9.37 Å². The summed E-state index contributed by atoms with van der Waals surface area (Å²) in [5, 5.41) is 12.1. The minimum absolute atomic E-state index is 0.00343. The molecule has 2 fully saturated rings. The first-order chi connectivity index (χ1) is 17.7. The summed E-state index contributed by atoms with van der Waals surface area (Å²) < 4.78 is 14.7. The third kappa shape index (κ3) is 4.80. The summed E-state index contributed by atoms with van der Waals surface area (Å²) in [6.07, 6.45) is 6.02. The molecule has 1 spiro atoms. The number of amides is 2. The molecule has 3 heterocycles. The summed E-state index contributed by atoms with van der Waals surface area (Å²) in [5.74, 6) is -1.07. The lowest BCUT2D eigenvalue weighted by molar-refractivity contribution is -0.137. The fourth-order valence-corrected chi connectivity index (χ4v) is 5.69. The van der Waals surface area contributed by atoms with Crippen molar-refractivity contribution in [3.05, 3.63) is 70.8 Å². The van der Waals surface area contributed by atoms with Crippen LogP contribution in [0.5, 0.6) is 0 Å². The number of nitrogens with one attached hydrogen (secondary N) is 1. The standard InChI is InChI=1S/C27H28ClFN4O4/c1-16(35)19-13-32(25-17(19)5-3-10-30-25)14-23(36)33-15-27(8-9-27)12-22(33)26(37)31-21(7-11-34)18-4-2-6-20(28)24(18)29/h2-7,10-11,19,21-22,34H,8-9,12-15H2,1H3,(H,31,37)/b11-7+/t19?,21?,22-/m0/s1. The fraction of sp³-hybridized carbons (Fsp3) is 0.407. The molecule has 2 unspecified atom stereocenters. The molecule has 0 radical (unpaired) electrons. The maximum Gasteiger partial charge on any atom is 0.243 e. The Morgan fingerprint density at radius 2 is 2.08 bits per heavy atom. The molecular weight excluding hydrogens is 499 g/mol. The van der Waals surface area contributed by atoms with Crippen LogP contribution in [0, 0.1) is 11.2 Å². The number of carbonyl (C=O) groups excluding carboxylic acids is 3. The average molecular weight is 527 g/mol. The summed E-state index contributed by atoms with van der Waals surface area (Å²) >= 11 is 5.92. The second kappa shape index (κ2) is 9.78. The van der Waals surface area contributed by atoms with Crippen molar-refractivity contribution in [1.82, 2.24) is 15.2 Å². The van der Waals surface area contributed by atoms with Gasteiger partial charge in [-0.2, -0.15) is 0 Å². The Morgan fingerprint density at radius 3 is 2.78 bits per heavy atom. The number of aliphatic hydroxyl groups is 1. The molecule has 1 aliphatic carbocycles. The minimum atomic E-state index is -0.963. The molecule has 5 rings (SSSR count). The Morgan fingerprint density at radius 1 is 1.30 bits per heavy atom. The minimum Gasteiger partial charge on any atom is -0.516 e. The topological polar surface area (TPSA) is 103 Å². The van der Waals surface area contributed by atoms with Gasteiger partial charge in [0.1, 0.15) is 23.5 Å². The Labute approximate surface area is 219 Å². The van der Waals surface area contributed by atoms with Gasteiger partial charge in [-0.3, -0.25) is 14.4 Å². The van der Waals surface area contributed by atoms with Crippen molar-refractivity contribution < 1.29 is 23.9 Å². The van der Waals surface area contributed by atoms with Crippen LogP contribution in [0.4, 0.5) is 10.2 Å². The maximum absolute atomic E-state index is 14.7. The summed E-state index contributed by atoms with van der Waals surface area (Å²) in [7, 11) is 0. The van der Waals surface area contributed by atoms with Gasteiger partial charge in [0.05, 0.1) is 29.8 Å². The molecule has 2 aromatic rings. The number of halogens is 2. The maximum atomic E-state index is 14.7. The van der Waals surface area contributed by atoms with Gasteiger partial charge < -0.3 is 20.2 Å². The van der Waals surface area contributed by atoms with Gasteiger partial charge >= 0.3 is 0 Å². The molecule has 1 saturated carbocycles. The van der Waals surface area contributed by atoms with Crippen molar-refractivity contribution in [2.24, 2.45) is 5.41 Å². The molecule has 2 N–H and O–H groups in total. The zero-order valence-electron chi connectivity index (χ0n) is 20.4. The van der Waals surface area contributed by atoms with Gasteiger partial charge in [0, 0.05) is 30.4 Å². The number of rotatable bonds is 7. The van der Waals surface area contributed by atoms with E-state index in [1.165, 1.54) is 25.1 Å². The molecule has 1 aromatic carbocycles. The lowest BCUT2D eigenvalue weighted by Gasteiger charge is -2.28. The van der Waals surface area contributed by atoms with E-state index in [0.717, 1.165) is 24.7 Å². The van der Waals surface area contributed by atoms with E-state index in [9.17, 15) is 23.9 Å². The van der Waals surface area contributed by atoms with E-state index >= 15 is 0 Å². The van der Waals surface area contributed by atoms with E-state index in [1.54, 1.807) is 28.1 Å². The van der Waals surface area contributed by atoms with Crippen LogP contribution in [0.15, 0.2) is 48.9 Å². The van der Waals surface area contributed by atoms with Crippen LogP contribution in [0.1, 0.15) is 49.3 Å². The van der Waals surface area contributed by atoms with Crippen molar-refractivity contribution in [2.75, 3.05) is 24.5 Å². The zero-order valence-corrected chi connectivity index (χ0v) is 21.1. The lowest BCUT2D eigenvalue weighted by atomic mass is 10.00. The number of Topliss-reactive ketones (excluding diaryl/α,β-unsaturated/α-hetero) is 1. The first-order valence-corrected chi connectivity index (χ1v) is 12.7. The molecule has 2 amide bonds. The summed E-state index contributed by atoms with van der Waals surface area (Å²) in [6.45, 7) is 2.36. The van der Waals surface area contributed by atoms with E-state index in [2.05, 4.69) is 10.3 Å². The SMILES string of the molecule is CC(=O)C1CN(CC(=O)N2CC3(CC3)C[C@H]2C(=O)NC(/C=C/O)c2cccc(Cl)c2F)c2ncccc21. The predicted octanol–water partition coefficient (Wildman–Crippen LogP) is 3.68. The van der Waals surface area contributed by atoms with Crippen LogP contribution < -0.4 is 10.2 Å². The molecule has 8 nitrogen and oxygen atoms in total. The van der Waals surface area contributed by atoms with Gasteiger partial charge in [0.2, 0.25) is 11.8 Å². The molecule has 10 heteroatoms. The number of pyridine rings is 1. The van der Waals surface area contributed by atoms with E-state index in [1.807, 2.05) is 6.07 Å². The monoisotopic (exact) mass is 526 g/mol. The number of anilines is 1. The summed E-state index contributed by atoms with van der Waals surface area (Å²) in [5.41, 5.74) is 0.835. The van der Waals surface area contributed by atoms with Gasteiger partial charge in [-0.15, -0.1) is 0 Å². The van der Waals surface area contributed by atoms with Crippen molar-refractivity contribution in [3.8, 4) is 0 Å². The van der Waals surface area contributed by atoms with Crippen LogP contribution in [-0.2, 0) is 14.4 Å². The van der Waals surface area contributed by atoms with Crippen molar-refractivity contribution in [2.45, 2.75) is 44.2 Å². The smallest absolute Gasteiger partial charge is 0.243 e. The van der Waals surface area contributed by atoms with Crippen molar-refractivity contribution in [1.29, 1.82) is 0 Å². The zero-order chi connectivity index (χ0) is 26.3. The molecule has 1 aromatic heterocycles. The Kier molecular flexibility index (Phi) is 6.66. The van der Waals surface area contributed by atoms with Crippen molar-refractivity contribution in [3.63, 3.8) is 0 Å². The Balaban J connectivity index is 1.35.